The first-order valence-corrected chi connectivity index (χ1v) is 10.1. The van der Waals surface area contributed by atoms with Crippen LogP contribution >= 0.6 is 11.3 Å². The molecule has 1 aliphatic heterocycles. The molecule has 0 unspecified atom stereocenters. The van der Waals surface area contributed by atoms with Gasteiger partial charge in [0, 0.05) is 18.4 Å². The molecule has 7 heteroatoms. The molecule has 1 amide bonds. The number of carboxylic acid groups (broad SMARTS) is 1. The van der Waals surface area contributed by atoms with E-state index in [4.69, 9.17) is 5.11 Å². The summed E-state index contributed by atoms with van der Waals surface area (Å²) < 4.78 is 0. The molecule has 1 aromatic heterocycles. The third-order valence-electron chi connectivity index (χ3n) is 5.38. The molecule has 2 aliphatic rings. The number of piperidine rings is 1. The van der Waals surface area contributed by atoms with E-state index in [0.29, 0.717) is 16.7 Å². The summed E-state index contributed by atoms with van der Waals surface area (Å²) in [5.74, 6) is 0.244. The Morgan fingerprint density at radius 2 is 1.92 bits per heavy atom. The Bertz CT molecular complexity index is 590. The Morgan fingerprint density at radius 1 is 1.20 bits per heavy atom. The first-order valence-electron chi connectivity index (χ1n) is 9.31. The SMILES string of the molecule is O=C(O)CC[C@H]1CC[C@H](NC(=O)c2cnc(C3CCNCC3)s2)CC1. The fourth-order valence-corrected chi connectivity index (χ4v) is 4.82. The number of carbonyl (C=O) groups is 2. The molecular weight excluding hydrogens is 338 g/mol. The van der Waals surface area contributed by atoms with E-state index in [1.54, 1.807) is 6.20 Å². The lowest BCUT2D eigenvalue weighted by atomic mass is 9.83. The van der Waals surface area contributed by atoms with E-state index in [1.807, 2.05) is 0 Å². The molecule has 1 aliphatic carbocycles. The summed E-state index contributed by atoms with van der Waals surface area (Å²) in [7, 11) is 0. The van der Waals surface area contributed by atoms with E-state index in [-0.39, 0.29) is 18.4 Å². The highest BCUT2D eigenvalue weighted by atomic mass is 32.1. The van der Waals surface area contributed by atoms with Crippen molar-refractivity contribution in [1.82, 2.24) is 15.6 Å². The van der Waals surface area contributed by atoms with Gasteiger partial charge in [-0.3, -0.25) is 9.59 Å². The van der Waals surface area contributed by atoms with Gasteiger partial charge in [0.05, 0.1) is 11.2 Å². The number of nitrogens with one attached hydrogen (secondary N) is 2. The third kappa shape index (κ3) is 5.25. The largest absolute Gasteiger partial charge is 0.481 e. The maximum absolute atomic E-state index is 12.5. The number of hydrogen-bond acceptors (Lipinski definition) is 5. The molecule has 1 saturated carbocycles. The highest BCUT2D eigenvalue weighted by Gasteiger charge is 2.25. The molecule has 2 fully saturated rings. The summed E-state index contributed by atoms with van der Waals surface area (Å²) in [5, 5.41) is 16.4. The molecule has 0 radical (unpaired) electrons. The van der Waals surface area contributed by atoms with Gasteiger partial charge in [-0.25, -0.2) is 4.98 Å². The van der Waals surface area contributed by atoms with Gasteiger partial charge in [0.1, 0.15) is 4.88 Å². The molecule has 1 saturated heterocycles. The smallest absolute Gasteiger partial charge is 0.303 e. The molecule has 0 atom stereocenters. The summed E-state index contributed by atoms with van der Waals surface area (Å²) >= 11 is 1.53. The van der Waals surface area contributed by atoms with E-state index in [1.165, 1.54) is 11.3 Å². The van der Waals surface area contributed by atoms with Crippen LogP contribution in [0, 0.1) is 5.92 Å². The molecular formula is C18H27N3O3S. The molecule has 0 aromatic carbocycles. The summed E-state index contributed by atoms with van der Waals surface area (Å²) in [6.45, 7) is 2.05. The van der Waals surface area contributed by atoms with Crippen molar-refractivity contribution in [2.45, 2.75) is 63.3 Å². The first kappa shape index (κ1) is 18.3. The summed E-state index contributed by atoms with van der Waals surface area (Å²) in [6, 6.07) is 0.206. The van der Waals surface area contributed by atoms with Crippen LogP contribution in [0.3, 0.4) is 0 Å². The first-order chi connectivity index (χ1) is 12.1. The zero-order chi connectivity index (χ0) is 17.6. The lowest BCUT2D eigenvalue weighted by molar-refractivity contribution is -0.137. The second kappa shape index (κ2) is 8.76. The minimum Gasteiger partial charge on any atom is -0.481 e. The molecule has 138 valence electrons. The number of amides is 1. The van der Waals surface area contributed by atoms with Crippen LogP contribution in [0.4, 0.5) is 0 Å². The Balaban J connectivity index is 1.45. The van der Waals surface area contributed by atoms with Crippen molar-refractivity contribution in [3.63, 3.8) is 0 Å². The average molecular weight is 365 g/mol. The van der Waals surface area contributed by atoms with Gasteiger partial charge < -0.3 is 15.7 Å². The zero-order valence-electron chi connectivity index (χ0n) is 14.5. The van der Waals surface area contributed by atoms with Crippen molar-refractivity contribution < 1.29 is 14.7 Å². The van der Waals surface area contributed by atoms with Crippen LogP contribution in [-0.2, 0) is 4.79 Å². The van der Waals surface area contributed by atoms with Gasteiger partial charge in [-0.15, -0.1) is 11.3 Å². The van der Waals surface area contributed by atoms with E-state index in [2.05, 4.69) is 15.6 Å². The van der Waals surface area contributed by atoms with Gasteiger partial charge >= 0.3 is 5.97 Å². The molecule has 2 heterocycles. The molecule has 6 nitrogen and oxygen atoms in total. The van der Waals surface area contributed by atoms with Gasteiger partial charge in [-0.05, 0) is 64.0 Å². The number of thiazole rings is 1. The van der Waals surface area contributed by atoms with Crippen LogP contribution < -0.4 is 10.6 Å². The van der Waals surface area contributed by atoms with Crippen molar-refractivity contribution in [1.29, 1.82) is 0 Å². The normalized spacial score (nSPS) is 24.8. The van der Waals surface area contributed by atoms with E-state index >= 15 is 0 Å². The standard InChI is InChI=1S/C18H27N3O3S/c22-16(23)6-3-12-1-4-14(5-2-12)21-17(24)15-11-20-18(25-15)13-7-9-19-10-8-13/h11-14,19H,1-10H2,(H,21,24)(H,22,23)/t12-,14-. The van der Waals surface area contributed by atoms with Gasteiger partial charge in [0.15, 0.2) is 0 Å². The maximum atomic E-state index is 12.5. The summed E-state index contributed by atoms with van der Waals surface area (Å²) in [4.78, 5) is 28.3. The molecule has 0 spiro atoms. The van der Waals surface area contributed by atoms with Gasteiger partial charge in [-0.2, -0.15) is 0 Å². The monoisotopic (exact) mass is 365 g/mol. The van der Waals surface area contributed by atoms with Gasteiger partial charge in [-0.1, -0.05) is 0 Å². The predicted octanol–water partition coefficient (Wildman–Crippen LogP) is 2.76. The van der Waals surface area contributed by atoms with Crippen molar-refractivity contribution >= 4 is 23.2 Å². The number of aromatic nitrogens is 1. The Kier molecular flexibility index (Phi) is 6.42. The fourth-order valence-electron chi connectivity index (χ4n) is 3.83. The maximum Gasteiger partial charge on any atom is 0.303 e. The molecule has 3 rings (SSSR count). The number of rotatable bonds is 6. The minimum atomic E-state index is -0.717. The minimum absolute atomic E-state index is 0.00771. The fraction of sp³-hybridized carbons (Fsp3) is 0.722. The Labute approximate surface area is 152 Å². The number of nitrogens with zero attached hydrogens (tertiary/aromatic N) is 1. The van der Waals surface area contributed by atoms with Crippen molar-refractivity contribution in [3.05, 3.63) is 16.1 Å². The lowest BCUT2D eigenvalue weighted by Gasteiger charge is -2.28. The van der Waals surface area contributed by atoms with Crippen LogP contribution in [0.15, 0.2) is 6.20 Å². The van der Waals surface area contributed by atoms with Crippen LogP contribution in [0.25, 0.3) is 0 Å². The van der Waals surface area contributed by atoms with Gasteiger partial charge in [0.25, 0.3) is 5.91 Å². The molecule has 1 aromatic rings. The van der Waals surface area contributed by atoms with Gasteiger partial charge in [0.2, 0.25) is 0 Å². The quantitative estimate of drug-likeness (QED) is 0.721. The van der Waals surface area contributed by atoms with E-state index < -0.39 is 5.97 Å². The molecule has 25 heavy (non-hydrogen) atoms. The predicted molar refractivity (Wildman–Crippen MR) is 97.0 cm³/mol. The molecule has 3 N–H and O–H groups in total. The van der Waals surface area contributed by atoms with E-state index in [9.17, 15) is 9.59 Å². The average Bonchev–Trinajstić information content (AvgIpc) is 3.12. The van der Waals surface area contributed by atoms with Crippen LogP contribution in [-0.4, -0.2) is 41.1 Å². The van der Waals surface area contributed by atoms with Crippen molar-refractivity contribution in [3.8, 4) is 0 Å². The van der Waals surface area contributed by atoms with Crippen LogP contribution in [0.2, 0.25) is 0 Å². The van der Waals surface area contributed by atoms with Crippen molar-refractivity contribution in [2.24, 2.45) is 5.92 Å². The highest BCUT2D eigenvalue weighted by molar-refractivity contribution is 7.13. The van der Waals surface area contributed by atoms with Crippen molar-refractivity contribution in [2.75, 3.05) is 13.1 Å². The van der Waals surface area contributed by atoms with E-state index in [0.717, 1.165) is 63.0 Å². The van der Waals surface area contributed by atoms with Crippen LogP contribution in [0.1, 0.15) is 72.0 Å². The lowest BCUT2D eigenvalue weighted by Crippen LogP contribution is -2.37. The zero-order valence-corrected chi connectivity index (χ0v) is 15.3. The summed E-state index contributed by atoms with van der Waals surface area (Å²) in [5.41, 5.74) is 0. The number of aliphatic carboxylic acids is 1. The highest BCUT2D eigenvalue weighted by Crippen LogP contribution is 2.30. The number of hydrogen-bond donors (Lipinski definition) is 3. The number of carbonyl (C=O) groups excluding carboxylic acids is 1. The Morgan fingerprint density at radius 3 is 2.60 bits per heavy atom. The topological polar surface area (TPSA) is 91.3 Å². The summed E-state index contributed by atoms with van der Waals surface area (Å²) in [6.07, 6.45) is 8.79. The third-order valence-corrected chi connectivity index (χ3v) is 6.54. The van der Waals surface area contributed by atoms with Crippen LogP contribution in [0.5, 0.6) is 0 Å². The number of carboxylic acids is 1. The second-order valence-corrected chi connectivity index (χ2v) is 8.27. The molecule has 0 bridgehead atoms. The second-order valence-electron chi connectivity index (χ2n) is 7.21. The Hall–Kier alpha value is -1.47.